The minimum absolute atomic E-state index is 0.215. The maximum absolute atomic E-state index is 5.81. The van der Waals surface area contributed by atoms with E-state index in [4.69, 9.17) is 21.7 Å². The van der Waals surface area contributed by atoms with Gasteiger partial charge in [-0.05, 0) is 35.1 Å². The molecule has 0 saturated heterocycles. The van der Waals surface area contributed by atoms with Crippen molar-refractivity contribution in [1.82, 2.24) is 14.9 Å². The van der Waals surface area contributed by atoms with E-state index >= 15 is 0 Å². The predicted molar refractivity (Wildman–Crippen MR) is 112 cm³/mol. The molecule has 0 unspecified atom stereocenters. The lowest BCUT2D eigenvalue weighted by atomic mass is 10.1. The number of hydrogen-bond acceptors (Lipinski definition) is 5. The molecule has 0 aliphatic rings. The molecule has 0 fully saturated rings. The number of hydrogen-bond donors (Lipinski definition) is 1. The molecule has 28 heavy (non-hydrogen) atoms. The van der Waals surface area contributed by atoms with Crippen LogP contribution in [0.4, 0.5) is 0 Å². The van der Waals surface area contributed by atoms with Crippen molar-refractivity contribution in [2.45, 2.75) is 6.61 Å². The Labute approximate surface area is 167 Å². The lowest BCUT2D eigenvalue weighted by Crippen LogP contribution is -2.04. The van der Waals surface area contributed by atoms with Crippen molar-refractivity contribution >= 4 is 29.2 Å². The highest BCUT2D eigenvalue weighted by Crippen LogP contribution is 2.20. The number of nitrogens with zero attached hydrogens (tertiary/aromatic N) is 3. The van der Waals surface area contributed by atoms with Crippen LogP contribution < -0.4 is 9.47 Å². The van der Waals surface area contributed by atoms with Gasteiger partial charge in [-0.2, -0.15) is 14.9 Å². The molecule has 0 aliphatic carbocycles. The molecular weight excluding hydrogens is 372 g/mol. The van der Waals surface area contributed by atoms with E-state index in [0.29, 0.717) is 16.3 Å². The lowest BCUT2D eigenvalue weighted by Gasteiger charge is -2.07. The molecule has 0 saturated carbocycles. The van der Waals surface area contributed by atoms with Crippen LogP contribution in [0.5, 0.6) is 11.5 Å². The van der Waals surface area contributed by atoms with Crippen molar-refractivity contribution < 1.29 is 9.47 Å². The van der Waals surface area contributed by atoms with E-state index in [1.165, 1.54) is 0 Å². The molecule has 1 heterocycles. The largest absolute Gasteiger partial charge is 0.497 e. The average molecular weight is 390 g/mol. The Bertz CT molecular complexity index is 1190. The molecule has 4 rings (SSSR count). The summed E-state index contributed by atoms with van der Waals surface area (Å²) in [4.78, 5) is 0. The molecule has 4 aromatic rings. The van der Waals surface area contributed by atoms with E-state index in [1.54, 1.807) is 18.0 Å². The van der Waals surface area contributed by atoms with Crippen LogP contribution >= 0.6 is 12.2 Å². The van der Waals surface area contributed by atoms with Gasteiger partial charge in [0.25, 0.3) is 0 Å². The van der Waals surface area contributed by atoms with Gasteiger partial charge in [0.1, 0.15) is 18.1 Å². The predicted octanol–water partition coefficient (Wildman–Crippen LogP) is 4.56. The number of aromatic nitrogens is 3. The van der Waals surface area contributed by atoms with E-state index in [1.807, 2.05) is 48.5 Å². The molecule has 0 aliphatic heterocycles. The summed E-state index contributed by atoms with van der Waals surface area (Å²) < 4.78 is 13.0. The second kappa shape index (κ2) is 8.06. The van der Waals surface area contributed by atoms with Crippen LogP contribution in [0.2, 0.25) is 0 Å². The van der Waals surface area contributed by atoms with Gasteiger partial charge in [-0.25, -0.2) is 5.10 Å². The van der Waals surface area contributed by atoms with Gasteiger partial charge in [0.05, 0.1) is 13.3 Å². The summed E-state index contributed by atoms with van der Waals surface area (Å²) in [5.41, 5.74) is 1.00. The van der Waals surface area contributed by atoms with Crippen molar-refractivity contribution in [3.8, 4) is 11.5 Å². The van der Waals surface area contributed by atoms with Gasteiger partial charge >= 0.3 is 0 Å². The molecule has 0 atom stereocenters. The molecule has 0 bridgehead atoms. The Morgan fingerprint density at radius 3 is 2.75 bits per heavy atom. The standard InChI is InChI=1S/C21H18N4O2S/c1-26-17-9-5-10-18(12-17)27-14-20-23-24-21(28)25(20)22-13-16-8-4-7-15-6-2-3-11-19(15)16/h2-13H,14H2,1H3,(H,24,28)/b22-13-. The summed E-state index contributed by atoms with van der Waals surface area (Å²) >= 11 is 5.31. The molecule has 0 amide bonds. The zero-order chi connectivity index (χ0) is 19.3. The highest BCUT2D eigenvalue weighted by Gasteiger charge is 2.07. The number of nitrogens with one attached hydrogen (secondary N) is 1. The number of methoxy groups -OCH3 is 1. The molecule has 140 valence electrons. The molecule has 1 N–H and O–H groups in total. The Balaban J connectivity index is 1.58. The first-order chi connectivity index (χ1) is 13.7. The van der Waals surface area contributed by atoms with Crippen molar-refractivity contribution in [3.63, 3.8) is 0 Å². The van der Waals surface area contributed by atoms with Gasteiger partial charge in [0.15, 0.2) is 5.82 Å². The fourth-order valence-corrected chi connectivity index (χ4v) is 3.06. The van der Waals surface area contributed by atoms with E-state index in [2.05, 4.69) is 33.5 Å². The van der Waals surface area contributed by atoms with Crippen LogP contribution in [0.3, 0.4) is 0 Å². The molecule has 1 aromatic heterocycles. The van der Waals surface area contributed by atoms with Gasteiger partial charge in [-0.15, -0.1) is 0 Å². The van der Waals surface area contributed by atoms with Crippen molar-refractivity contribution in [1.29, 1.82) is 0 Å². The quantitative estimate of drug-likeness (QED) is 0.387. The lowest BCUT2D eigenvalue weighted by molar-refractivity contribution is 0.288. The molecule has 0 spiro atoms. The van der Waals surface area contributed by atoms with E-state index in [-0.39, 0.29) is 6.61 Å². The number of fused-ring (bicyclic) bond motifs is 1. The Morgan fingerprint density at radius 1 is 1.07 bits per heavy atom. The van der Waals surface area contributed by atoms with Crippen LogP contribution in [-0.2, 0) is 6.61 Å². The third kappa shape index (κ3) is 3.79. The summed E-state index contributed by atoms with van der Waals surface area (Å²) in [6.07, 6.45) is 1.78. The first-order valence-corrected chi connectivity index (χ1v) is 9.11. The second-order valence-corrected chi connectivity index (χ2v) is 6.42. The van der Waals surface area contributed by atoms with Crippen molar-refractivity contribution in [2.24, 2.45) is 5.10 Å². The number of aromatic amines is 1. The van der Waals surface area contributed by atoms with Crippen LogP contribution in [0.1, 0.15) is 11.4 Å². The van der Waals surface area contributed by atoms with E-state index in [0.717, 1.165) is 22.1 Å². The van der Waals surface area contributed by atoms with Crippen LogP contribution in [0.15, 0.2) is 71.8 Å². The first kappa shape index (κ1) is 17.9. The third-order valence-corrected chi connectivity index (χ3v) is 4.53. The van der Waals surface area contributed by atoms with Gasteiger partial charge in [0.2, 0.25) is 4.77 Å². The topological polar surface area (TPSA) is 64.4 Å². The zero-order valence-electron chi connectivity index (χ0n) is 15.2. The van der Waals surface area contributed by atoms with Gasteiger partial charge in [-0.1, -0.05) is 48.5 Å². The van der Waals surface area contributed by atoms with E-state index in [9.17, 15) is 0 Å². The third-order valence-electron chi connectivity index (χ3n) is 4.26. The summed E-state index contributed by atoms with van der Waals surface area (Å²) in [5.74, 6) is 1.98. The summed E-state index contributed by atoms with van der Waals surface area (Å²) in [7, 11) is 1.62. The number of H-pyrrole nitrogens is 1. The monoisotopic (exact) mass is 390 g/mol. The maximum Gasteiger partial charge on any atom is 0.216 e. The second-order valence-electron chi connectivity index (χ2n) is 6.04. The Kier molecular flexibility index (Phi) is 5.16. The molecule has 7 heteroatoms. The first-order valence-electron chi connectivity index (χ1n) is 8.70. The van der Waals surface area contributed by atoms with Crippen LogP contribution in [0, 0.1) is 4.77 Å². The summed E-state index contributed by atoms with van der Waals surface area (Å²) in [6.45, 7) is 0.215. The number of benzene rings is 3. The minimum Gasteiger partial charge on any atom is -0.497 e. The molecule has 0 radical (unpaired) electrons. The number of ether oxygens (including phenoxy) is 2. The number of rotatable bonds is 6. The van der Waals surface area contributed by atoms with Gasteiger partial charge in [-0.3, -0.25) is 0 Å². The summed E-state index contributed by atoms with van der Waals surface area (Å²) in [5, 5.41) is 13.8. The average Bonchev–Trinajstić information content (AvgIpc) is 3.10. The highest BCUT2D eigenvalue weighted by molar-refractivity contribution is 7.71. The van der Waals surface area contributed by atoms with Crippen LogP contribution in [0.25, 0.3) is 10.8 Å². The fraction of sp³-hybridized carbons (Fsp3) is 0.0952. The normalized spacial score (nSPS) is 11.2. The highest BCUT2D eigenvalue weighted by atomic mass is 32.1. The minimum atomic E-state index is 0.215. The molecule has 3 aromatic carbocycles. The van der Waals surface area contributed by atoms with Crippen molar-refractivity contribution in [3.05, 3.63) is 82.9 Å². The van der Waals surface area contributed by atoms with Gasteiger partial charge in [0, 0.05) is 11.6 Å². The van der Waals surface area contributed by atoms with Gasteiger partial charge < -0.3 is 9.47 Å². The zero-order valence-corrected chi connectivity index (χ0v) is 16.0. The fourth-order valence-electron chi connectivity index (χ4n) is 2.86. The van der Waals surface area contributed by atoms with E-state index < -0.39 is 0 Å². The van der Waals surface area contributed by atoms with Crippen molar-refractivity contribution in [2.75, 3.05) is 7.11 Å². The smallest absolute Gasteiger partial charge is 0.216 e. The SMILES string of the molecule is COc1cccc(OCc2n[nH]c(=S)n2/N=C\c2cccc3ccccc23)c1. The summed E-state index contributed by atoms with van der Waals surface area (Å²) in [6, 6.07) is 21.7. The molecule has 6 nitrogen and oxygen atoms in total. The Hall–Kier alpha value is -3.45. The maximum atomic E-state index is 5.81. The van der Waals surface area contributed by atoms with Crippen LogP contribution in [-0.4, -0.2) is 28.2 Å². The Morgan fingerprint density at radius 2 is 1.86 bits per heavy atom. The molecular formula is C21H18N4O2S.